The Morgan fingerprint density at radius 3 is 2.24 bits per heavy atom. The number of nitrogens with one attached hydrogen (secondary N) is 1. The standard InChI is InChI=1S/C13H32NOSi2/c1-12(11-14-2)10-13(8-9-16(3)4)15-17(5,6)7/h12-14H,8-11H2,1-7H3. The van der Waals surface area contributed by atoms with Crippen molar-refractivity contribution in [1.82, 2.24) is 5.32 Å². The molecule has 17 heavy (non-hydrogen) atoms. The molecule has 103 valence electrons. The molecule has 0 aliphatic carbocycles. The summed E-state index contributed by atoms with van der Waals surface area (Å²) in [5.41, 5.74) is 0. The van der Waals surface area contributed by atoms with Crippen LogP contribution in [0.3, 0.4) is 0 Å². The lowest BCUT2D eigenvalue weighted by Crippen LogP contribution is -2.34. The molecule has 2 unspecified atom stereocenters. The van der Waals surface area contributed by atoms with Gasteiger partial charge in [-0.25, -0.2) is 0 Å². The van der Waals surface area contributed by atoms with Crippen molar-refractivity contribution in [3.8, 4) is 0 Å². The summed E-state index contributed by atoms with van der Waals surface area (Å²) in [6, 6.07) is 1.38. The van der Waals surface area contributed by atoms with Crippen molar-refractivity contribution >= 4 is 17.1 Å². The van der Waals surface area contributed by atoms with Gasteiger partial charge in [0.2, 0.25) is 0 Å². The third kappa shape index (κ3) is 11.2. The van der Waals surface area contributed by atoms with Gasteiger partial charge in [-0.15, -0.1) is 0 Å². The normalized spacial score (nSPS) is 16.2. The topological polar surface area (TPSA) is 21.3 Å². The minimum atomic E-state index is -1.39. The van der Waals surface area contributed by atoms with Gasteiger partial charge in [-0.2, -0.15) is 0 Å². The molecule has 4 heteroatoms. The SMILES string of the molecule is CNCC(C)CC(CC[Si](C)C)O[Si](C)(C)C. The fourth-order valence-corrected chi connectivity index (χ4v) is 4.17. The second-order valence-electron chi connectivity index (χ2n) is 6.50. The lowest BCUT2D eigenvalue weighted by atomic mass is 10.0. The quantitative estimate of drug-likeness (QED) is 0.649. The maximum absolute atomic E-state index is 6.33. The third-order valence-corrected chi connectivity index (χ3v) is 5.03. The van der Waals surface area contributed by atoms with Crippen LogP contribution in [0.15, 0.2) is 0 Å². The second-order valence-corrected chi connectivity index (χ2v) is 13.9. The van der Waals surface area contributed by atoms with Gasteiger partial charge in [-0.1, -0.05) is 26.1 Å². The van der Waals surface area contributed by atoms with Crippen LogP contribution >= 0.6 is 0 Å². The maximum atomic E-state index is 6.33. The Labute approximate surface area is 111 Å². The van der Waals surface area contributed by atoms with Crippen molar-refractivity contribution in [2.24, 2.45) is 5.92 Å². The van der Waals surface area contributed by atoms with Gasteiger partial charge in [-0.3, -0.25) is 0 Å². The van der Waals surface area contributed by atoms with Crippen LogP contribution in [0.1, 0.15) is 19.8 Å². The van der Waals surface area contributed by atoms with Crippen LogP contribution < -0.4 is 5.32 Å². The zero-order valence-electron chi connectivity index (χ0n) is 12.9. The molecule has 0 amide bonds. The van der Waals surface area contributed by atoms with Crippen LogP contribution in [0.4, 0.5) is 0 Å². The summed E-state index contributed by atoms with van der Waals surface area (Å²) in [4.78, 5) is 0. The summed E-state index contributed by atoms with van der Waals surface area (Å²) in [6.07, 6.45) is 2.96. The molecular weight excluding hydrogens is 242 g/mol. The van der Waals surface area contributed by atoms with Crippen molar-refractivity contribution in [1.29, 1.82) is 0 Å². The first kappa shape index (κ1) is 17.4. The minimum Gasteiger partial charge on any atom is -0.415 e. The van der Waals surface area contributed by atoms with Crippen LogP contribution in [0, 0.1) is 5.92 Å². The van der Waals surface area contributed by atoms with E-state index in [4.69, 9.17) is 4.43 Å². The zero-order chi connectivity index (χ0) is 13.5. The van der Waals surface area contributed by atoms with Crippen LogP contribution in [0.5, 0.6) is 0 Å². The van der Waals surface area contributed by atoms with E-state index in [1.165, 1.54) is 18.9 Å². The molecule has 0 spiro atoms. The minimum absolute atomic E-state index is 0.112. The molecule has 2 nitrogen and oxygen atoms in total. The number of hydrogen-bond acceptors (Lipinski definition) is 2. The lowest BCUT2D eigenvalue weighted by molar-refractivity contribution is 0.159. The highest BCUT2D eigenvalue weighted by molar-refractivity contribution is 6.69. The van der Waals surface area contributed by atoms with Gasteiger partial charge in [0.1, 0.15) is 0 Å². The Morgan fingerprint density at radius 2 is 1.82 bits per heavy atom. The molecule has 0 aliphatic rings. The fourth-order valence-electron chi connectivity index (χ4n) is 2.06. The molecule has 0 rings (SSSR count). The molecule has 0 fully saturated rings. The molecule has 0 bridgehead atoms. The summed E-state index contributed by atoms with van der Waals surface area (Å²) in [5, 5.41) is 3.26. The van der Waals surface area contributed by atoms with Crippen molar-refractivity contribution in [2.75, 3.05) is 13.6 Å². The van der Waals surface area contributed by atoms with E-state index in [-0.39, 0.29) is 8.80 Å². The molecule has 0 aromatic heterocycles. The van der Waals surface area contributed by atoms with Crippen molar-refractivity contribution < 1.29 is 4.43 Å². The van der Waals surface area contributed by atoms with Gasteiger partial charge >= 0.3 is 0 Å². The Bertz CT molecular complexity index is 192. The van der Waals surface area contributed by atoms with Gasteiger partial charge in [-0.05, 0) is 52.0 Å². The van der Waals surface area contributed by atoms with Crippen molar-refractivity contribution in [3.05, 3.63) is 0 Å². The van der Waals surface area contributed by atoms with Gasteiger partial charge in [0.15, 0.2) is 8.32 Å². The Hall–Kier alpha value is 0.354. The molecule has 0 saturated carbocycles. The van der Waals surface area contributed by atoms with E-state index < -0.39 is 8.32 Å². The summed E-state index contributed by atoms with van der Waals surface area (Å²) in [6.45, 7) is 15.1. The van der Waals surface area contributed by atoms with E-state index in [0.717, 1.165) is 6.54 Å². The molecule has 1 N–H and O–H groups in total. The lowest BCUT2D eigenvalue weighted by Gasteiger charge is -2.29. The van der Waals surface area contributed by atoms with Crippen LogP contribution in [0.2, 0.25) is 38.8 Å². The van der Waals surface area contributed by atoms with E-state index in [1.54, 1.807) is 0 Å². The summed E-state index contributed by atoms with van der Waals surface area (Å²) >= 11 is 0. The molecule has 0 aliphatic heterocycles. The number of rotatable bonds is 9. The third-order valence-electron chi connectivity index (χ3n) is 2.70. The molecule has 2 atom stereocenters. The molecular formula is C13H32NOSi2. The van der Waals surface area contributed by atoms with E-state index in [0.29, 0.717) is 12.0 Å². The predicted octanol–water partition coefficient (Wildman–Crippen LogP) is 3.60. The average molecular weight is 275 g/mol. The smallest absolute Gasteiger partial charge is 0.184 e. The van der Waals surface area contributed by atoms with E-state index in [1.807, 2.05) is 7.05 Å². The Kier molecular flexibility index (Phi) is 8.63. The highest BCUT2D eigenvalue weighted by Crippen LogP contribution is 2.19. The summed E-state index contributed by atoms with van der Waals surface area (Å²) < 4.78 is 6.33. The second kappa shape index (κ2) is 8.45. The Balaban J connectivity index is 4.19. The predicted molar refractivity (Wildman–Crippen MR) is 82.8 cm³/mol. The highest BCUT2D eigenvalue weighted by atomic mass is 28.4. The summed E-state index contributed by atoms with van der Waals surface area (Å²) in [5.74, 6) is 0.714. The first-order chi connectivity index (χ1) is 7.74. The largest absolute Gasteiger partial charge is 0.415 e. The van der Waals surface area contributed by atoms with E-state index in [9.17, 15) is 0 Å². The van der Waals surface area contributed by atoms with Crippen LogP contribution in [-0.4, -0.2) is 36.8 Å². The van der Waals surface area contributed by atoms with E-state index >= 15 is 0 Å². The fraction of sp³-hybridized carbons (Fsp3) is 1.00. The van der Waals surface area contributed by atoms with Crippen LogP contribution in [-0.2, 0) is 4.43 Å². The zero-order valence-corrected chi connectivity index (χ0v) is 14.9. The number of hydrogen-bond donors (Lipinski definition) is 1. The first-order valence-electron chi connectivity index (χ1n) is 6.86. The van der Waals surface area contributed by atoms with Gasteiger partial charge in [0.05, 0.1) is 0 Å². The van der Waals surface area contributed by atoms with Gasteiger partial charge in [0.25, 0.3) is 0 Å². The molecule has 1 radical (unpaired) electrons. The Morgan fingerprint density at radius 1 is 1.24 bits per heavy atom. The molecule has 0 heterocycles. The average Bonchev–Trinajstić information content (AvgIpc) is 2.12. The van der Waals surface area contributed by atoms with Crippen molar-refractivity contribution in [3.63, 3.8) is 0 Å². The van der Waals surface area contributed by atoms with Crippen molar-refractivity contribution in [2.45, 2.75) is 64.6 Å². The van der Waals surface area contributed by atoms with Gasteiger partial charge in [0, 0.05) is 14.9 Å². The molecule has 0 aromatic rings. The van der Waals surface area contributed by atoms with E-state index in [2.05, 4.69) is 45.0 Å². The van der Waals surface area contributed by atoms with Crippen LogP contribution in [0.25, 0.3) is 0 Å². The summed E-state index contributed by atoms with van der Waals surface area (Å²) in [7, 11) is 0.529. The van der Waals surface area contributed by atoms with Gasteiger partial charge < -0.3 is 9.74 Å². The molecule has 0 aromatic carbocycles. The first-order valence-corrected chi connectivity index (χ1v) is 13.0. The maximum Gasteiger partial charge on any atom is 0.184 e. The molecule has 0 saturated heterocycles. The highest BCUT2D eigenvalue weighted by Gasteiger charge is 2.22. The monoisotopic (exact) mass is 274 g/mol.